The fourth-order valence-corrected chi connectivity index (χ4v) is 1.57. The summed E-state index contributed by atoms with van der Waals surface area (Å²) in [7, 11) is 0. The summed E-state index contributed by atoms with van der Waals surface area (Å²) >= 11 is 0. The normalized spacial score (nSPS) is 9.65. The highest BCUT2D eigenvalue weighted by molar-refractivity contribution is 5.51. The lowest BCUT2D eigenvalue weighted by molar-refractivity contribution is 0.477. The number of para-hydroxylation sites is 1. The van der Waals surface area contributed by atoms with Crippen LogP contribution in [-0.2, 0) is 0 Å². The third kappa shape index (κ3) is 2.37. The van der Waals surface area contributed by atoms with Gasteiger partial charge in [-0.1, -0.05) is 18.2 Å². The zero-order valence-electron chi connectivity index (χ0n) is 9.47. The molecule has 0 saturated heterocycles. The molecule has 2 aromatic carbocycles. The van der Waals surface area contributed by atoms with Crippen molar-refractivity contribution in [2.24, 2.45) is 0 Å². The second-order valence-electron chi connectivity index (χ2n) is 3.74. The standard InChI is InChI=1S/C14H12N2O/c1-10-4-2-5-11(9-15)14(10)17-13-7-3-6-12(16)8-13/h2-8H,16H2,1H3. The summed E-state index contributed by atoms with van der Waals surface area (Å²) in [6, 6.07) is 14.7. The minimum absolute atomic E-state index is 0.521. The largest absolute Gasteiger partial charge is 0.456 e. The van der Waals surface area contributed by atoms with E-state index < -0.39 is 0 Å². The van der Waals surface area contributed by atoms with Crippen molar-refractivity contribution in [3.8, 4) is 17.6 Å². The van der Waals surface area contributed by atoms with Crippen LogP contribution in [0.4, 0.5) is 5.69 Å². The molecule has 0 aromatic heterocycles. The number of nitrogens with two attached hydrogens (primary N) is 1. The monoisotopic (exact) mass is 224 g/mol. The van der Waals surface area contributed by atoms with Crippen LogP contribution in [0, 0.1) is 18.3 Å². The number of ether oxygens (including phenoxy) is 1. The Morgan fingerprint density at radius 2 is 1.94 bits per heavy atom. The summed E-state index contributed by atoms with van der Waals surface area (Å²) in [5, 5.41) is 9.02. The van der Waals surface area contributed by atoms with E-state index in [-0.39, 0.29) is 0 Å². The lowest BCUT2D eigenvalue weighted by atomic mass is 10.1. The Kier molecular flexibility index (Phi) is 2.97. The predicted octanol–water partition coefficient (Wildman–Crippen LogP) is 3.24. The highest BCUT2D eigenvalue weighted by Gasteiger charge is 2.07. The number of benzene rings is 2. The number of anilines is 1. The number of nitrogen functional groups attached to an aromatic ring is 1. The van der Waals surface area contributed by atoms with E-state index in [1.165, 1.54) is 0 Å². The van der Waals surface area contributed by atoms with Gasteiger partial charge in [-0.05, 0) is 30.7 Å². The van der Waals surface area contributed by atoms with Crippen molar-refractivity contribution in [2.75, 3.05) is 5.73 Å². The Balaban J connectivity index is 2.40. The molecular weight excluding hydrogens is 212 g/mol. The first kappa shape index (κ1) is 11.0. The molecule has 0 aliphatic rings. The third-order valence-corrected chi connectivity index (χ3v) is 2.41. The smallest absolute Gasteiger partial charge is 0.148 e. The van der Waals surface area contributed by atoms with Gasteiger partial charge in [-0.25, -0.2) is 0 Å². The van der Waals surface area contributed by atoms with Gasteiger partial charge in [-0.3, -0.25) is 0 Å². The van der Waals surface area contributed by atoms with Crippen LogP contribution in [0.5, 0.6) is 11.5 Å². The lowest BCUT2D eigenvalue weighted by Gasteiger charge is -2.10. The van der Waals surface area contributed by atoms with E-state index >= 15 is 0 Å². The molecule has 0 aliphatic heterocycles. The van der Waals surface area contributed by atoms with Crippen molar-refractivity contribution in [1.82, 2.24) is 0 Å². The van der Waals surface area contributed by atoms with E-state index in [0.29, 0.717) is 22.7 Å². The topological polar surface area (TPSA) is 59.0 Å². The van der Waals surface area contributed by atoms with Gasteiger partial charge in [-0.2, -0.15) is 5.26 Å². The van der Waals surface area contributed by atoms with Crippen molar-refractivity contribution in [3.05, 3.63) is 53.6 Å². The number of hydrogen-bond acceptors (Lipinski definition) is 3. The van der Waals surface area contributed by atoms with Crippen LogP contribution in [0.15, 0.2) is 42.5 Å². The summed E-state index contributed by atoms with van der Waals surface area (Å²) < 4.78 is 5.71. The molecule has 0 amide bonds. The average molecular weight is 224 g/mol. The van der Waals surface area contributed by atoms with Gasteiger partial charge in [-0.15, -0.1) is 0 Å². The summed E-state index contributed by atoms with van der Waals surface area (Å²) in [6.45, 7) is 1.91. The maximum Gasteiger partial charge on any atom is 0.148 e. The molecule has 3 nitrogen and oxygen atoms in total. The molecule has 0 spiro atoms. The molecule has 0 heterocycles. The Morgan fingerprint density at radius 3 is 2.65 bits per heavy atom. The van der Waals surface area contributed by atoms with Crippen molar-refractivity contribution < 1.29 is 4.74 Å². The second-order valence-corrected chi connectivity index (χ2v) is 3.74. The Morgan fingerprint density at radius 1 is 1.18 bits per heavy atom. The molecule has 0 unspecified atom stereocenters. The minimum Gasteiger partial charge on any atom is -0.456 e. The SMILES string of the molecule is Cc1cccc(C#N)c1Oc1cccc(N)c1. The van der Waals surface area contributed by atoms with Gasteiger partial charge in [0.2, 0.25) is 0 Å². The average Bonchev–Trinajstić information content (AvgIpc) is 2.32. The molecule has 3 heteroatoms. The molecule has 0 fully saturated rings. The molecule has 0 atom stereocenters. The maximum atomic E-state index is 9.02. The van der Waals surface area contributed by atoms with E-state index in [1.54, 1.807) is 18.2 Å². The quantitative estimate of drug-likeness (QED) is 0.796. The first-order valence-electron chi connectivity index (χ1n) is 5.24. The van der Waals surface area contributed by atoms with E-state index in [1.807, 2.05) is 31.2 Å². The van der Waals surface area contributed by atoms with E-state index in [2.05, 4.69) is 6.07 Å². The highest BCUT2D eigenvalue weighted by atomic mass is 16.5. The van der Waals surface area contributed by atoms with E-state index in [4.69, 9.17) is 15.7 Å². The number of rotatable bonds is 2. The zero-order chi connectivity index (χ0) is 12.3. The van der Waals surface area contributed by atoms with Crippen molar-refractivity contribution in [2.45, 2.75) is 6.92 Å². The van der Waals surface area contributed by atoms with Crippen molar-refractivity contribution in [3.63, 3.8) is 0 Å². The summed E-state index contributed by atoms with van der Waals surface area (Å²) in [4.78, 5) is 0. The zero-order valence-corrected chi connectivity index (χ0v) is 9.47. The van der Waals surface area contributed by atoms with Gasteiger partial charge in [0.1, 0.15) is 17.6 Å². The Labute approximate surface area is 100 Å². The molecule has 2 aromatic rings. The van der Waals surface area contributed by atoms with Crippen LogP contribution in [0.25, 0.3) is 0 Å². The molecule has 84 valence electrons. The van der Waals surface area contributed by atoms with Crippen LogP contribution < -0.4 is 10.5 Å². The molecule has 2 rings (SSSR count). The maximum absolute atomic E-state index is 9.02. The molecular formula is C14H12N2O. The van der Waals surface area contributed by atoms with Crippen LogP contribution in [0.2, 0.25) is 0 Å². The summed E-state index contributed by atoms with van der Waals surface area (Å²) in [6.07, 6.45) is 0. The first-order valence-corrected chi connectivity index (χ1v) is 5.24. The molecule has 2 N–H and O–H groups in total. The second kappa shape index (κ2) is 4.58. The van der Waals surface area contributed by atoms with Crippen LogP contribution in [0.3, 0.4) is 0 Å². The fourth-order valence-electron chi connectivity index (χ4n) is 1.57. The van der Waals surface area contributed by atoms with Gasteiger partial charge in [0, 0.05) is 11.8 Å². The van der Waals surface area contributed by atoms with Gasteiger partial charge in [0.05, 0.1) is 5.56 Å². The number of nitrogens with zero attached hydrogens (tertiary/aromatic N) is 1. The minimum atomic E-state index is 0.521. The molecule has 17 heavy (non-hydrogen) atoms. The third-order valence-electron chi connectivity index (χ3n) is 2.41. The van der Waals surface area contributed by atoms with Gasteiger partial charge < -0.3 is 10.5 Å². The Hall–Kier alpha value is -2.47. The summed E-state index contributed by atoms with van der Waals surface area (Å²) in [5.74, 6) is 1.22. The van der Waals surface area contributed by atoms with Crippen LogP contribution in [0.1, 0.15) is 11.1 Å². The predicted molar refractivity (Wildman–Crippen MR) is 66.8 cm³/mol. The van der Waals surface area contributed by atoms with Gasteiger partial charge >= 0.3 is 0 Å². The van der Waals surface area contributed by atoms with E-state index in [0.717, 1.165) is 5.56 Å². The Bertz CT molecular complexity index is 585. The molecule has 0 bridgehead atoms. The van der Waals surface area contributed by atoms with Crippen LogP contribution in [-0.4, -0.2) is 0 Å². The highest BCUT2D eigenvalue weighted by Crippen LogP contribution is 2.29. The molecule has 0 aliphatic carbocycles. The fraction of sp³-hybridized carbons (Fsp3) is 0.0714. The summed E-state index contributed by atoms with van der Waals surface area (Å²) in [5.41, 5.74) is 7.75. The van der Waals surface area contributed by atoms with Crippen LogP contribution >= 0.6 is 0 Å². The molecule has 0 radical (unpaired) electrons. The first-order chi connectivity index (χ1) is 8.20. The van der Waals surface area contributed by atoms with Gasteiger partial charge in [0.25, 0.3) is 0 Å². The van der Waals surface area contributed by atoms with Gasteiger partial charge in [0.15, 0.2) is 0 Å². The number of nitriles is 1. The lowest BCUT2D eigenvalue weighted by Crippen LogP contribution is -1.92. The van der Waals surface area contributed by atoms with Crippen molar-refractivity contribution >= 4 is 5.69 Å². The van der Waals surface area contributed by atoms with E-state index in [9.17, 15) is 0 Å². The van der Waals surface area contributed by atoms with Crippen molar-refractivity contribution in [1.29, 1.82) is 5.26 Å². The number of aryl methyl sites for hydroxylation is 1. The molecule has 0 saturated carbocycles. The number of hydrogen-bond donors (Lipinski definition) is 1.